The number of benzene rings is 1. The van der Waals surface area contributed by atoms with Gasteiger partial charge in [-0.25, -0.2) is 9.97 Å². The zero-order chi connectivity index (χ0) is 15.7. The highest BCUT2D eigenvalue weighted by molar-refractivity contribution is 5.76. The van der Waals surface area contributed by atoms with Crippen LogP contribution in [0.5, 0.6) is 5.75 Å². The second-order valence-corrected chi connectivity index (χ2v) is 5.64. The van der Waals surface area contributed by atoms with Gasteiger partial charge in [0, 0.05) is 11.8 Å². The summed E-state index contributed by atoms with van der Waals surface area (Å²) in [6, 6.07) is 9.74. The van der Waals surface area contributed by atoms with Gasteiger partial charge in [0.1, 0.15) is 5.82 Å². The SMILES string of the molecule is Cc1ncc(OCC2[C@@H](C(=O)O)[C@@H]2c2ccccc2)c(C)n1. The number of carboxylic acid groups (broad SMARTS) is 1. The van der Waals surface area contributed by atoms with Gasteiger partial charge < -0.3 is 9.84 Å². The number of aryl methyl sites for hydroxylation is 2. The molecule has 0 spiro atoms. The minimum Gasteiger partial charge on any atom is -0.490 e. The summed E-state index contributed by atoms with van der Waals surface area (Å²) in [7, 11) is 0. The molecule has 114 valence electrons. The van der Waals surface area contributed by atoms with Gasteiger partial charge in [-0.1, -0.05) is 30.3 Å². The van der Waals surface area contributed by atoms with Crippen LogP contribution in [0.1, 0.15) is 23.0 Å². The first-order valence-electron chi connectivity index (χ1n) is 7.28. The Hall–Kier alpha value is -2.43. The van der Waals surface area contributed by atoms with Gasteiger partial charge in [-0.3, -0.25) is 4.79 Å². The Morgan fingerprint density at radius 3 is 2.64 bits per heavy atom. The van der Waals surface area contributed by atoms with Gasteiger partial charge in [0.25, 0.3) is 0 Å². The Kier molecular flexibility index (Phi) is 3.79. The molecule has 3 atom stereocenters. The molecule has 0 amide bonds. The molecule has 5 nitrogen and oxygen atoms in total. The normalized spacial score (nSPS) is 23.1. The summed E-state index contributed by atoms with van der Waals surface area (Å²) in [6.45, 7) is 4.05. The van der Waals surface area contributed by atoms with E-state index >= 15 is 0 Å². The molecule has 0 saturated heterocycles. The largest absolute Gasteiger partial charge is 0.490 e. The van der Waals surface area contributed by atoms with E-state index in [-0.39, 0.29) is 17.8 Å². The van der Waals surface area contributed by atoms with Crippen LogP contribution >= 0.6 is 0 Å². The maximum absolute atomic E-state index is 11.4. The molecule has 22 heavy (non-hydrogen) atoms. The minimum atomic E-state index is -0.765. The number of ether oxygens (including phenoxy) is 1. The summed E-state index contributed by atoms with van der Waals surface area (Å²) in [5.41, 5.74) is 1.83. The van der Waals surface area contributed by atoms with Gasteiger partial charge in [-0.05, 0) is 19.4 Å². The van der Waals surface area contributed by atoms with E-state index in [1.165, 1.54) is 0 Å². The van der Waals surface area contributed by atoms with Crippen molar-refractivity contribution in [1.29, 1.82) is 0 Å². The second kappa shape index (κ2) is 5.75. The monoisotopic (exact) mass is 298 g/mol. The van der Waals surface area contributed by atoms with Crippen molar-refractivity contribution in [2.24, 2.45) is 11.8 Å². The lowest BCUT2D eigenvalue weighted by atomic mass is 10.1. The third-order valence-electron chi connectivity index (χ3n) is 4.12. The lowest BCUT2D eigenvalue weighted by molar-refractivity contribution is -0.139. The highest BCUT2D eigenvalue weighted by atomic mass is 16.5. The average molecular weight is 298 g/mol. The summed E-state index contributed by atoms with van der Waals surface area (Å²) in [4.78, 5) is 19.8. The molecule has 1 N–H and O–H groups in total. The Bertz CT molecular complexity index is 688. The Morgan fingerprint density at radius 2 is 2.00 bits per heavy atom. The van der Waals surface area contributed by atoms with E-state index in [1.54, 1.807) is 6.20 Å². The predicted molar refractivity (Wildman–Crippen MR) is 80.8 cm³/mol. The van der Waals surface area contributed by atoms with Crippen molar-refractivity contribution in [3.8, 4) is 5.75 Å². The number of carbonyl (C=O) groups is 1. The maximum Gasteiger partial charge on any atom is 0.307 e. The summed E-state index contributed by atoms with van der Waals surface area (Å²) < 4.78 is 5.76. The Morgan fingerprint density at radius 1 is 1.27 bits per heavy atom. The molecule has 2 aromatic rings. The predicted octanol–water partition coefficient (Wildman–Crippen LogP) is 2.59. The molecule has 0 radical (unpaired) electrons. The highest BCUT2D eigenvalue weighted by Crippen LogP contribution is 2.54. The zero-order valence-corrected chi connectivity index (χ0v) is 12.6. The zero-order valence-electron chi connectivity index (χ0n) is 12.6. The first-order chi connectivity index (χ1) is 10.6. The molecule has 0 aliphatic heterocycles. The molecular formula is C17H18N2O3. The second-order valence-electron chi connectivity index (χ2n) is 5.64. The van der Waals surface area contributed by atoms with Crippen LogP contribution in [-0.2, 0) is 4.79 Å². The molecule has 1 aromatic heterocycles. The van der Waals surface area contributed by atoms with Crippen LogP contribution in [-0.4, -0.2) is 27.7 Å². The van der Waals surface area contributed by atoms with Crippen molar-refractivity contribution in [2.45, 2.75) is 19.8 Å². The molecule has 1 saturated carbocycles. The summed E-state index contributed by atoms with van der Waals surface area (Å²) in [5, 5.41) is 9.36. The number of rotatable bonds is 5. The molecule has 1 unspecified atom stereocenters. The third-order valence-corrected chi connectivity index (χ3v) is 4.12. The lowest BCUT2D eigenvalue weighted by Crippen LogP contribution is -2.07. The number of nitrogens with zero attached hydrogens (tertiary/aromatic N) is 2. The van der Waals surface area contributed by atoms with E-state index < -0.39 is 5.97 Å². The number of carboxylic acids is 1. The summed E-state index contributed by atoms with van der Waals surface area (Å²) >= 11 is 0. The molecule has 1 aliphatic rings. The Balaban J connectivity index is 1.70. The third kappa shape index (κ3) is 2.79. The fourth-order valence-corrected chi connectivity index (χ4v) is 2.95. The smallest absolute Gasteiger partial charge is 0.307 e. The van der Waals surface area contributed by atoms with E-state index in [0.29, 0.717) is 18.2 Å². The van der Waals surface area contributed by atoms with Crippen LogP contribution < -0.4 is 4.74 Å². The van der Waals surface area contributed by atoms with Crippen molar-refractivity contribution in [3.63, 3.8) is 0 Å². The molecule has 1 aromatic carbocycles. The van der Waals surface area contributed by atoms with Crippen LogP contribution in [0.25, 0.3) is 0 Å². The topological polar surface area (TPSA) is 72.3 Å². The quantitative estimate of drug-likeness (QED) is 0.918. The average Bonchev–Trinajstić information content (AvgIpc) is 3.22. The van der Waals surface area contributed by atoms with Crippen molar-refractivity contribution >= 4 is 5.97 Å². The molecule has 1 aliphatic carbocycles. The maximum atomic E-state index is 11.4. The van der Waals surface area contributed by atoms with Gasteiger partial charge in [0.2, 0.25) is 0 Å². The van der Waals surface area contributed by atoms with Gasteiger partial charge in [0.05, 0.1) is 24.4 Å². The number of hydrogen-bond donors (Lipinski definition) is 1. The van der Waals surface area contributed by atoms with Crippen LogP contribution in [0.2, 0.25) is 0 Å². The van der Waals surface area contributed by atoms with Crippen LogP contribution in [0.15, 0.2) is 36.5 Å². The van der Waals surface area contributed by atoms with E-state index in [4.69, 9.17) is 4.74 Å². The fraction of sp³-hybridized carbons (Fsp3) is 0.353. The van der Waals surface area contributed by atoms with Crippen LogP contribution in [0.4, 0.5) is 0 Å². The lowest BCUT2D eigenvalue weighted by Gasteiger charge is -2.08. The first kappa shape index (κ1) is 14.5. The molecule has 1 heterocycles. The van der Waals surface area contributed by atoms with E-state index in [2.05, 4.69) is 9.97 Å². The fourth-order valence-electron chi connectivity index (χ4n) is 2.95. The van der Waals surface area contributed by atoms with Crippen molar-refractivity contribution in [1.82, 2.24) is 9.97 Å². The number of aliphatic carboxylic acids is 1. The van der Waals surface area contributed by atoms with Crippen molar-refractivity contribution < 1.29 is 14.6 Å². The van der Waals surface area contributed by atoms with Gasteiger partial charge >= 0.3 is 5.97 Å². The Labute approximate surface area is 129 Å². The van der Waals surface area contributed by atoms with Crippen molar-refractivity contribution in [2.75, 3.05) is 6.61 Å². The molecule has 1 fully saturated rings. The van der Waals surface area contributed by atoms with E-state index in [1.807, 2.05) is 44.2 Å². The van der Waals surface area contributed by atoms with Gasteiger partial charge in [0.15, 0.2) is 5.75 Å². The minimum absolute atomic E-state index is 0.0133. The summed E-state index contributed by atoms with van der Waals surface area (Å²) in [6.07, 6.45) is 1.65. The highest BCUT2D eigenvalue weighted by Gasteiger charge is 2.56. The van der Waals surface area contributed by atoms with E-state index in [0.717, 1.165) is 11.3 Å². The molecule has 3 rings (SSSR count). The van der Waals surface area contributed by atoms with Crippen LogP contribution in [0, 0.1) is 25.7 Å². The first-order valence-corrected chi connectivity index (χ1v) is 7.28. The summed E-state index contributed by atoms with van der Waals surface area (Å²) in [5.74, 6) is 0.176. The molecular weight excluding hydrogens is 280 g/mol. The number of hydrogen-bond acceptors (Lipinski definition) is 4. The standard InChI is InChI=1S/C17H18N2O3/c1-10-14(8-18-11(2)19-10)22-9-13-15(16(13)17(20)21)12-6-4-3-5-7-12/h3-8,13,15-16H,9H2,1-2H3,(H,20,21)/t13?,15-,16-/m1/s1. The van der Waals surface area contributed by atoms with Gasteiger partial charge in [-0.15, -0.1) is 0 Å². The van der Waals surface area contributed by atoms with Gasteiger partial charge in [-0.2, -0.15) is 0 Å². The molecule has 0 bridgehead atoms. The van der Waals surface area contributed by atoms with E-state index in [9.17, 15) is 9.90 Å². The van der Waals surface area contributed by atoms with Crippen molar-refractivity contribution in [3.05, 3.63) is 53.6 Å². The number of aromatic nitrogens is 2. The molecule has 5 heteroatoms. The van der Waals surface area contributed by atoms with Crippen LogP contribution in [0.3, 0.4) is 0 Å².